The van der Waals surface area contributed by atoms with Gasteiger partial charge in [0.25, 0.3) is 0 Å². The maximum absolute atomic E-state index is 11.8. The zero-order chi connectivity index (χ0) is 21.2. The number of amides is 1. The van der Waals surface area contributed by atoms with Crippen molar-refractivity contribution >= 4 is 41.5 Å². The summed E-state index contributed by atoms with van der Waals surface area (Å²) < 4.78 is 5.58. The van der Waals surface area contributed by atoms with Crippen LogP contribution in [0, 0.1) is 0 Å². The van der Waals surface area contributed by atoms with Crippen molar-refractivity contribution in [2.24, 2.45) is 4.99 Å². The highest BCUT2D eigenvalue weighted by molar-refractivity contribution is 14.0. The quantitative estimate of drug-likeness (QED) is 0.254. The normalized spacial score (nSPS) is 12.4. The molecular formula is C24H33IN4O2. The number of hydrogen-bond donors (Lipinski definition) is 3. The van der Waals surface area contributed by atoms with Gasteiger partial charge in [0, 0.05) is 31.6 Å². The molecule has 0 spiro atoms. The fourth-order valence-electron chi connectivity index (χ4n) is 3.43. The van der Waals surface area contributed by atoms with E-state index in [-0.39, 0.29) is 29.9 Å². The van der Waals surface area contributed by atoms with Gasteiger partial charge in [-0.05, 0) is 54.7 Å². The van der Waals surface area contributed by atoms with Gasteiger partial charge in [0.2, 0.25) is 5.91 Å². The highest BCUT2D eigenvalue weighted by Gasteiger charge is 2.11. The molecule has 2 aromatic rings. The molecule has 7 heteroatoms. The van der Waals surface area contributed by atoms with E-state index in [1.807, 2.05) is 31.2 Å². The molecule has 1 amide bonds. The first kappa shape index (κ1) is 25.0. The summed E-state index contributed by atoms with van der Waals surface area (Å²) in [4.78, 5) is 16.5. The zero-order valence-corrected chi connectivity index (χ0v) is 20.7. The molecular weight excluding hydrogens is 503 g/mol. The summed E-state index contributed by atoms with van der Waals surface area (Å²) in [7, 11) is 0. The molecule has 0 radical (unpaired) electrons. The number of guanidine groups is 1. The van der Waals surface area contributed by atoms with E-state index in [0.717, 1.165) is 61.9 Å². The number of ether oxygens (including phenoxy) is 1. The first-order valence-corrected chi connectivity index (χ1v) is 10.8. The van der Waals surface area contributed by atoms with Crippen molar-refractivity contribution in [2.45, 2.75) is 46.1 Å². The summed E-state index contributed by atoms with van der Waals surface area (Å²) in [6.45, 7) is 6.99. The molecule has 0 bridgehead atoms. The summed E-state index contributed by atoms with van der Waals surface area (Å²) in [5.41, 5.74) is 4.48. The molecule has 0 fully saturated rings. The Morgan fingerprint density at radius 2 is 1.97 bits per heavy atom. The number of hydrogen-bond acceptors (Lipinski definition) is 3. The Morgan fingerprint density at radius 1 is 1.10 bits per heavy atom. The van der Waals surface area contributed by atoms with Crippen molar-refractivity contribution in [3.8, 4) is 5.75 Å². The SMILES string of the molecule is CCCC(=O)Nc1cccc(CN=C(NCC)NCCc2ccc3c(c2)CCO3)c1.I. The molecule has 6 nitrogen and oxygen atoms in total. The number of rotatable bonds is 9. The second-order valence-electron chi connectivity index (χ2n) is 7.41. The number of carbonyl (C=O) groups is 1. The van der Waals surface area contributed by atoms with Crippen molar-refractivity contribution in [2.75, 3.05) is 25.0 Å². The van der Waals surface area contributed by atoms with Gasteiger partial charge in [-0.3, -0.25) is 4.79 Å². The monoisotopic (exact) mass is 536 g/mol. The average Bonchev–Trinajstić information content (AvgIpc) is 3.20. The number of nitrogens with one attached hydrogen (secondary N) is 3. The molecule has 31 heavy (non-hydrogen) atoms. The van der Waals surface area contributed by atoms with Crippen LogP contribution >= 0.6 is 24.0 Å². The molecule has 2 aromatic carbocycles. The van der Waals surface area contributed by atoms with E-state index in [9.17, 15) is 4.79 Å². The summed E-state index contributed by atoms with van der Waals surface area (Å²) >= 11 is 0. The van der Waals surface area contributed by atoms with Gasteiger partial charge in [0.1, 0.15) is 5.75 Å². The lowest BCUT2D eigenvalue weighted by atomic mass is 10.1. The smallest absolute Gasteiger partial charge is 0.224 e. The lowest BCUT2D eigenvalue weighted by molar-refractivity contribution is -0.116. The van der Waals surface area contributed by atoms with Gasteiger partial charge in [0.15, 0.2) is 5.96 Å². The van der Waals surface area contributed by atoms with Gasteiger partial charge in [-0.1, -0.05) is 31.2 Å². The predicted octanol–water partition coefficient (Wildman–Crippen LogP) is 4.28. The Labute approximate surface area is 202 Å². The van der Waals surface area contributed by atoms with Crippen LogP contribution in [0.1, 0.15) is 43.4 Å². The molecule has 0 saturated heterocycles. The Morgan fingerprint density at radius 3 is 2.77 bits per heavy atom. The molecule has 0 aromatic heterocycles. The third-order valence-electron chi connectivity index (χ3n) is 4.91. The van der Waals surface area contributed by atoms with Gasteiger partial charge in [-0.25, -0.2) is 4.99 Å². The van der Waals surface area contributed by atoms with Crippen molar-refractivity contribution in [3.05, 3.63) is 59.2 Å². The molecule has 0 unspecified atom stereocenters. The third-order valence-corrected chi connectivity index (χ3v) is 4.91. The van der Waals surface area contributed by atoms with E-state index in [4.69, 9.17) is 9.73 Å². The second kappa shape index (κ2) is 13.2. The minimum Gasteiger partial charge on any atom is -0.493 e. The van der Waals surface area contributed by atoms with E-state index in [1.165, 1.54) is 11.1 Å². The van der Waals surface area contributed by atoms with Gasteiger partial charge in [0.05, 0.1) is 13.2 Å². The van der Waals surface area contributed by atoms with Gasteiger partial charge < -0.3 is 20.7 Å². The molecule has 3 N–H and O–H groups in total. The van der Waals surface area contributed by atoms with Crippen molar-refractivity contribution in [3.63, 3.8) is 0 Å². The Hall–Kier alpha value is -2.29. The van der Waals surface area contributed by atoms with Crippen LogP contribution in [0.5, 0.6) is 5.75 Å². The lowest BCUT2D eigenvalue weighted by Gasteiger charge is -2.12. The number of aliphatic imine (C=N–C) groups is 1. The topological polar surface area (TPSA) is 74.8 Å². The van der Waals surface area contributed by atoms with Gasteiger partial charge in [-0.15, -0.1) is 24.0 Å². The second-order valence-corrected chi connectivity index (χ2v) is 7.41. The summed E-state index contributed by atoms with van der Waals surface area (Å²) in [5, 5.41) is 9.64. The molecule has 168 valence electrons. The number of carbonyl (C=O) groups excluding carboxylic acids is 1. The van der Waals surface area contributed by atoms with Crippen LogP contribution in [0.2, 0.25) is 0 Å². The third kappa shape index (κ3) is 8.05. The van der Waals surface area contributed by atoms with E-state index in [2.05, 4.69) is 41.1 Å². The average molecular weight is 536 g/mol. The summed E-state index contributed by atoms with van der Waals surface area (Å²) in [5.74, 6) is 1.86. The summed E-state index contributed by atoms with van der Waals surface area (Å²) in [6.07, 6.45) is 3.30. The Kier molecular flexibility index (Phi) is 10.6. The van der Waals surface area contributed by atoms with E-state index >= 15 is 0 Å². The van der Waals surface area contributed by atoms with E-state index in [0.29, 0.717) is 13.0 Å². The highest BCUT2D eigenvalue weighted by atomic mass is 127. The highest BCUT2D eigenvalue weighted by Crippen LogP contribution is 2.25. The molecule has 0 aliphatic carbocycles. The largest absolute Gasteiger partial charge is 0.493 e. The van der Waals surface area contributed by atoms with E-state index in [1.54, 1.807) is 0 Å². The first-order chi connectivity index (χ1) is 14.7. The number of nitrogens with zero attached hydrogens (tertiary/aromatic N) is 1. The molecule has 1 aliphatic heterocycles. The molecule has 3 rings (SSSR count). The maximum Gasteiger partial charge on any atom is 0.224 e. The minimum atomic E-state index is 0. The molecule has 1 aliphatic rings. The first-order valence-electron chi connectivity index (χ1n) is 10.8. The van der Waals surface area contributed by atoms with Crippen molar-refractivity contribution in [1.82, 2.24) is 10.6 Å². The standard InChI is InChI=1S/C24H32N4O2.HI/c1-3-6-23(29)28-21-8-5-7-19(16-21)17-27-24(25-4-2)26-13-11-18-9-10-22-20(15-18)12-14-30-22;/h5,7-10,15-16H,3-4,6,11-14,17H2,1-2H3,(H,28,29)(H2,25,26,27);1H. The van der Waals surface area contributed by atoms with Gasteiger partial charge in [-0.2, -0.15) is 0 Å². The van der Waals surface area contributed by atoms with Crippen LogP contribution in [0.25, 0.3) is 0 Å². The van der Waals surface area contributed by atoms with Crippen LogP contribution in [0.15, 0.2) is 47.5 Å². The summed E-state index contributed by atoms with van der Waals surface area (Å²) in [6, 6.07) is 14.3. The van der Waals surface area contributed by atoms with Crippen LogP contribution in [0.3, 0.4) is 0 Å². The van der Waals surface area contributed by atoms with Crippen LogP contribution in [-0.4, -0.2) is 31.6 Å². The van der Waals surface area contributed by atoms with Gasteiger partial charge >= 0.3 is 0 Å². The molecule has 1 heterocycles. The van der Waals surface area contributed by atoms with Crippen molar-refractivity contribution < 1.29 is 9.53 Å². The van der Waals surface area contributed by atoms with Crippen LogP contribution in [0.4, 0.5) is 5.69 Å². The fraction of sp³-hybridized carbons (Fsp3) is 0.417. The number of halogens is 1. The Bertz CT molecular complexity index is 886. The fourth-order valence-corrected chi connectivity index (χ4v) is 3.43. The predicted molar refractivity (Wildman–Crippen MR) is 138 cm³/mol. The van der Waals surface area contributed by atoms with Crippen LogP contribution < -0.4 is 20.7 Å². The minimum absolute atomic E-state index is 0. The maximum atomic E-state index is 11.8. The zero-order valence-electron chi connectivity index (χ0n) is 18.4. The number of fused-ring (bicyclic) bond motifs is 1. The number of anilines is 1. The van der Waals surface area contributed by atoms with E-state index < -0.39 is 0 Å². The number of benzene rings is 2. The Balaban J connectivity index is 0.00000341. The molecule has 0 atom stereocenters. The van der Waals surface area contributed by atoms with Crippen molar-refractivity contribution in [1.29, 1.82) is 0 Å². The molecule has 0 saturated carbocycles. The lowest BCUT2D eigenvalue weighted by Crippen LogP contribution is -2.38. The van der Waals surface area contributed by atoms with Crippen LogP contribution in [-0.2, 0) is 24.2 Å².